The number of carbonyl (C=O) groups is 1. The van der Waals surface area contributed by atoms with Crippen molar-refractivity contribution < 1.29 is 9.53 Å². The summed E-state index contributed by atoms with van der Waals surface area (Å²) in [6, 6.07) is 0. The molecule has 0 amide bonds. The van der Waals surface area contributed by atoms with E-state index < -0.39 is 5.41 Å². The molecule has 0 aliphatic heterocycles. The van der Waals surface area contributed by atoms with Crippen molar-refractivity contribution in [3.63, 3.8) is 0 Å². The molecular weight excluding hydrogens is 490 g/mol. The predicted molar refractivity (Wildman–Crippen MR) is 167 cm³/mol. The molecule has 2 N–H and O–H groups in total. The maximum atomic E-state index is 12.2. The fourth-order valence-electron chi connectivity index (χ4n) is 12.4. The topological polar surface area (TPSA) is 52.3 Å². The van der Waals surface area contributed by atoms with Crippen LogP contribution < -0.4 is 5.73 Å². The van der Waals surface area contributed by atoms with Gasteiger partial charge in [-0.2, -0.15) is 0 Å². The number of hydrogen-bond donors (Lipinski definition) is 1. The number of rotatable bonds is 6. The SMILES string of the molecule is C=C(C)[C@@H]1CCC2(N)CC[C@]3(C)[C@H](CC[C@@H]4[C@@]5(C)CC=C(CCCC(C)(C)C(=O)OC)C(C)(C)[C@@H]5CC[C@]43C)[C@@H]12. The van der Waals surface area contributed by atoms with Gasteiger partial charge in [0.05, 0.1) is 12.5 Å². The van der Waals surface area contributed by atoms with E-state index in [9.17, 15) is 4.79 Å². The first-order chi connectivity index (χ1) is 18.5. The second-order valence-electron chi connectivity index (χ2n) is 17.3. The first-order valence-corrected chi connectivity index (χ1v) is 16.7. The van der Waals surface area contributed by atoms with E-state index in [0.717, 1.165) is 37.0 Å². The van der Waals surface area contributed by atoms with Crippen molar-refractivity contribution in [2.45, 2.75) is 138 Å². The van der Waals surface area contributed by atoms with E-state index in [1.807, 2.05) is 13.8 Å². The Morgan fingerprint density at radius 3 is 2.35 bits per heavy atom. The van der Waals surface area contributed by atoms with Gasteiger partial charge < -0.3 is 10.5 Å². The van der Waals surface area contributed by atoms with Crippen LogP contribution >= 0.6 is 0 Å². The third-order valence-corrected chi connectivity index (χ3v) is 14.9. The number of carbonyl (C=O) groups excluding carboxylic acids is 1. The predicted octanol–water partition coefficient (Wildman–Crippen LogP) is 9.26. The molecule has 5 aliphatic carbocycles. The number of esters is 1. The number of fused-ring (bicyclic) bond motifs is 7. The lowest BCUT2D eigenvalue weighted by atomic mass is 9.33. The maximum absolute atomic E-state index is 12.2. The van der Waals surface area contributed by atoms with Crippen LogP contribution in [0, 0.1) is 56.7 Å². The molecule has 0 heterocycles. The highest BCUT2D eigenvalue weighted by Crippen LogP contribution is 2.76. The zero-order valence-corrected chi connectivity index (χ0v) is 27.6. The quantitative estimate of drug-likeness (QED) is 0.264. The maximum Gasteiger partial charge on any atom is 0.311 e. The average molecular weight is 552 g/mol. The Morgan fingerprint density at radius 2 is 1.70 bits per heavy atom. The van der Waals surface area contributed by atoms with Crippen molar-refractivity contribution >= 4 is 5.97 Å². The number of allylic oxidation sites excluding steroid dienone is 3. The summed E-state index contributed by atoms with van der Waals surface area (Å²) in [5.74, 6) is 3.37. The van der Waals surface area contributed by atoms with Gasteiger partial charge in [0.15, 0.2) is 0 Å². The van der Waals surface area contributed by atoms with Gasteiger partial charge in [-0.3, -0.25) is 4.79 Å². The lowest BCUT2D eigenvalue weighted by Gasteiger charge is -2.72. The van der Waals surface area contributed by atoms with Gasteiger partial charge in [-0.25, -0.2) is 0 Å². The Morgan fingerprint density at radius 1 is 1.00 bits per heavy atom. The van der Waals surface area contributed by atoms with E-state index in [-0.39, 0.29) is 16.9 Å². The van der Waals surface area contributed by atoms with Crippen molar-refractivity contribution in [3.05, 3.63) is 23.8 Å². The second-order valence-corrected chi connectivity index (χ2v) is 17.3. The lowest BCUT2D eigenvalue weighted by Crippen LogP contribution is -2.67. The van der Waals surface area contributed by atoms with Gasteiger partial charge in [-0.15, -0.1) is 0 Å². The van der Waals surface area contributed by atoms with Gasteiger partial charge in [0, 0.05) is 5.54 Å². The Balaban J connectivity index is 1.40. The smallest absolute Gasteiger partial charge is 0.311 e. The summed E-state index contributed by atoms with van der Waals surface area (Å²) in [5.41, 5.74) is 11.2. The largest absolute Gasteiger partial charge is 0.469 e. The highest BCUT2D eigenvalue weighted by Gasteiger charge is 2.69. The van der Waals surface area contributed by atoms with Crippen LogP contribution in [-0.2, 0) is 9.53 Å². The van der Waals surface area contributed by atoms with Crippen LogP contribution in [0.3, 0.4) is 0 Å². The first-order valence-electron chi connectivity index (χ1n) is 16.7. The van der Waals surface area contributed by atoms with E-state index in [2.05, 4.69) is 54.2 Å². The van der Waals surface area contributed by atoms with E-state index >= 15 is 0 Å². The molecule has 4 saturated carbocycles. The highest BCUT2D eigenvalue weighted by molar-refractivity contribution is 5.75. The van der Waals surface area contributed by atoms with E-state index in [1.54, 1.807) is 5.57 Å². The monoisotopic (exact) mass is 551 g/mol. The van der Waals surface area contributed by atoms with Crippen molar-refractivity contribution in [2.24, 2.45) is 62.4 Å². The van der Waals surface area contributed by atoms with Crippen molar-refractivity contribution in [1.82, 2.24) is 0 Å². The summed E-state index contributed by atoms with van der Waals surface area (Å²) in [6.45, 7) is 24.0. The summed E-state index contributed by atoms with van der Waals surface area (Å²) in [6.07, 6.45) is 17.3. The zero-order chi connectivity index (χ0) is 29.5. The fraction of sp³-hybridized carbons (Fsp3) is 0.865. The number of nitrogens with two attached hydrogens (primary N) is 1. The third-order valence-electron chi connectivity index (χ3n) is 14.9. The zero-order valence-electron chi connectivity index (χ0n) is 27.6. The summed E-state index contributed by atoms with van der Waals surface area (Å²) in [7, 11) is 1.51. The molecule has 4 fully saturated rings. The molecule has 0 spiro atoms. The summed E-state index contributed by atoms with van der Waals surface area (Å²) >= 11 is 0. The van der Waals surface area contributed by atoms with Crippen LogP contribution in [0.25, 0.3) is 0 Å². The summed E-state index contributed by atoms with van der Waals surface area (Å²) in [4.78, 5) is 12.2. The van der Waals surface area contributed by atoms with Crippen LogP contribution in [0.2, 0.25) is 0 Å². The minimum Gasteiger partial charge on any atom is -0.469 e. The lowest BCUT2D eigenvalue weighted by molar-refractivity contribution is -0.219. The molecule has 3 nitrogen and oxygen atoms in total. The van der Waals surface area contributed by atoms with Crippen molar-refractivity contribution in [2.75, 3.05) is 7.11 Å². The first kappa shape index (κ1) is 30.4. The third kappa shape index (κ3) is 4.16. The van der Waals surface area contributed by atoms with Crippen molar-refractivity contribution in [3.8, 4) is 0 Å². The molecule has 9 atom stereocenters. The van der Waals surface area contributed by atoms with Gasteiger partial charge in [-0.05, 0) is 149 Å². The molecular formula is C37H61NO2. The second kappa shape index (κ2) is 9.72. The molecule has 226 valence electrons. The highest BCUT2D eigenvalue weighted by atomic mass is 16.5. The molecule has 0 saturated heterocycles. The van der Waals surface area contributed by atoms with Gasteiger partial charge in [0.1, 0.15) is 0 Å². The Kier molecular flexibility index (Phi) is 7.38. The van der Waals surface area contributed by atoms with Gasteiger partial charge in [-0.1, -0.05) is 58.4 Å². The van der Waals surface area contributed by atoms with E-state index in [0.29, 0.717) is 28.1 Å². The van der Waals surface area contributed by atoms with Gasteiger partial charge in [0.2, 0.25) is 0 Å². The minimum atomic E-state index is -0.410. The van der Waals surface area contributed by atoms with Crippen LogP contribution in [0.15, 0.2) is 23.8 Å². The van der Waals surface area contributed by atoms with Gasteiger partial charge in [0.25, 0.3) is 0 Å². The molecule has 0 aromatic carbocycles. The molecule has 1 unspecified atom stereocenters. The molecule has 0 aromatic rings. The van der Waals surface area contributed by atoms with Crippen LogP contribution in [0.1, 0.15) is 132 Å². The van der Waals surface area contributed by atoms with Crippen LogP contribution in [0.4, 0.5) is 0 Å². The number of ether oxygens (including phenoxy) is 1. The molecule has 5 rings (SSSR count). The van der Waals surface area contributed by atoms with E-state index in [1.165, 1.54) is 70.5 Å². The standard InChI is InChI=1S/C37H61NO2/c1-24(2)26-16-21-37(38)23-22-35(8)27(30(26)37)13-14-29-34(7)19-15-25(12-11-18-32(3,4)31(39)40-10)33(5,6)28(34)17-20-36(29,35)9/h15,26-30H,1,11-14,16-23,38H2,2-10H3/t26-,27+,28-,29+,30+,34-,35+,36+,37?/m0/s1. The van der Waals surface area contributed by atoms with Crippen LogP contribution in [0.5, 0.6) is 0 Å². The van der Waals surface area contributed by atoms with Crippen molar-refractivity contribution in [1.29, 1.82) is 0 Å². The Hall–Kier alpha value is -1.09. The van der Waals surface area contributed by atoms with E-state index in [4.69, 9.17) is 10.5 Å². The summed E-state index contributed by atoms with van der Waals surface area (Å²) in [5, 5.41) is 0. The molecule has 0 bridgehead atoms. The molecule has 0 radical (unpaired) electrons. The molecule has 40 heavy (non-hydrogen) atoms. The van der Waals surface area contributed by atoms with Crippen LogP contribution in [-0.4, -0.2) is 18.6 Å². The molecule has 5 aliphatic rings. The minimum absolute atomic E-state index is 0.0327. The molecule has 0 aromatic heterocycles. The number of methoxy groups -OCH3 is 1. The summed E-state index contributed by atoms with van der Waals surface area (Å²) < 4.78 is 5.07. The normalized spacial score (nSPS) is 45.9. The fourth-order valence-corrected chi connectivity index (χ4v) is 12.4. The number of hydrogen-bond acceptors (Lipinski definition) is 3. The van der Waals surface area contributed by atoms with Gasteiger partial charge >= 0.3 is 5.97 Å². The Bertz CT molecular complexity index is 1070. The molecule has 3 heteroatoms. The Labute approximate surface area is 246 Å². The average Bonchev–Trinajstić information content (AvgIpc) is 3.23.